The van der Waals surface area contributed by atoms with E-state index < -0.39 is 0 Å². The predicted molar refractivity (Wildman–Crippen MR) is 70.0 cm³/mol. The van der Waals surface area contributed by atoms with Gasteiger partial charge in [-0.1, -0.05) is 18.2 Å². The summed E-state index contributed by atoms with van der Waals surface area (Å²) in [6, 6.07) is 6.55. The average Bonchev–Trinajstić information content (AvgIpc) is 2.52. The number of hydrogen-bond acceptors (Lipinski definition) is 3. The lowest BCUT2D eigenvalue weighted by Gasteiger charge is -2.03. The quantitative estimate of drug-likeness (QED) is 0.863. The summed E-state index contributed by atoms with van der Waals surface area (Å²) in [5.41, 5.74) is 9.71. The number of nitrogen functional groups attached to an aromatic ring is 1. The number of rotatable bonds is 2. The van der Waals surface area contributed by atoms with Gasteiger partial charge in [0.25, 0.3) is 0 Å². The van der Waals surface area contributed by atoms with E-state index in [1.54, 1.807) is 11.3 Å². The van der Waals surface area contributed by atoms with Gasteiger partial charge < -0.3 is 5.73 Å². The normalized spacial score (nSPS) is 10.7. The standard InChI is InChI=1S/C13H16N2S/c1-8-4-5-11(6-9(8)2)7-12-15-13(14)10(3)16-12/h4-6H,7,14H2,1-3H3. The van der Waals surface area contributed by atoms with Crippen molar-refractivity contribution in [2.24, 2.45) is 0 Å². The number of aryl methyl sites for hydroxylation is 3. The van der Waals surface area contributed by atoms with Gasteiger partial charge in [0.05, 0.1) is 5.01 Å². The van der Waals surface area contributed by atoms with E-state index >= 15 is 0 Å². The van der Waals surface area contributed by atoms with Crippen LogP contribution in [0.15, 0.2) is 18.2 Å². The molecule has 0 aliphatic rings. The van der Waals surface area contributed by atoms with Crippen molar-refractivity contribution in [1.29, 1.82) is 0 Å². The fraction of sp³-hybridized carbons (Fsp3) is 0.308. The van der Waals surface area contributed by atoms with Crippen molar-refractivity contribution in [3.8, 4) is 0 Å². The van der Waals surface area contributed by atoms with Crippen LogP contribution in [0.4, 0.5) is 5.82 Å². The molecule has 2 rings (SSSR count). The molecule has 0 aliphatic heterocycles. The third-order valence-corrected chi connectivity index (χ3v) is 3.79. The molecule has 0 amide bonds. The van der Waals surface area contributed by atoms with Crippen molar-refractivity contribution in [2.75, 3.05) is 5.73 Å². The molecule has 0 unspecified atom stereocenters. The number of hydrogen-bond donors (Lipinski definition) is 1. The zero-order chi connectivity index (χ0) is 11.7. The molecule has 0 atom stereocenters. The van der Waals surface area contributed by atoms with Crippen LogP contribution < -0.4 is 5.73 Å². The minimum absolute atomic E-state index is 0.670. The van der Waals surface area contributed by atoms with Crippen LogP contribution in [0.1, 0.15) is 26.6 Å². The maximum atomic E-state index is 5.75. The molecule has 1 heterocycles. The summed E-state index contributed by atoms with van der Waals surface area (Å²) in [4.78, 5) is 5.46. The first-order chi connectivity index (χ1) is 7.56. The molecule has 1 aromatic carbocycles. The van der Waals surface area contributed by atoms with Crippen LogP contribution in [0.25, 0.3) is 0 Å². The highest BCUT2D eigenvalue weighted by atomic mass is 32.1. The van der Waals surface area contributed by atoms with E-state index in [1.165, 1.54) is 16.7 Å². The van der Waals surface area contributed by atoms with Gasteiger partial charge in [0.1, 0.15) is 5.82 Å². The Labute approximate surface area is 100 Å². The molecule has 3 heteroatoms. The molecule has 0 radical (unpaired) electrons. The summed E-state index contributed by atoms with van der Waals surface area (Å²) < 4.78 is 0. The Balaban J connectivity index is 2.23. The summed E-state index contributed by atoms with van der Waals surface area (Å²) >= 11 is 1.68. The highest BCUT2D eigenvalue weighted by Crippen LogP contribution is 2.22. The van der Waals surface area contributed by atoms with Crippen LogP contribution in [0.2, 0.25) is 0 Å². The van der Waals surface area contributed by atoms with E-state index in [2.05, 4.69) is 37.0 Å². The molecule has 0 spiro atoms. The van der Waals surface area contributed by atoms with Gasteiger partial charge in [-0.3, -0.25) is 0 Å². The van der Waals surface area contributed by atoms with E-state index in [9.17, 15) is 0 Å². The zero-order valence-corrected chi connectivity index (χ0v) is 10.7. The highest BCUT2D eigenvalue weighted by Gasteiger charge is 2.05. The summed E-state index contributed by atoms with van der Waals surface area (Å²) in [7, 11) is 0. The maximum absolute atomic E-state index is 5.75. The molecule has 0 saturated heterocycles. The Morgan fingerprint density at radius 2 is 1.94 bits per heavy atom. The summed E-state index contributed by atoms with van der Waals surface area (Å²) in [6.07, 6.45) is 0.879. The monoisotopic (exact) mass is 232 g/mol. The van der Waals surface area contributed by atoms with Gasteiger partial charge in [0.15, 0.2) is 0 Å². The second-order valence-electron chi connectivity index (χ2n) is 4.14. The van der Waals surface area contributed by atoms with Crippen LogP contribution in [0.5, 0.6) is 0 Å². The molecule has 0 aliphatic carbocycles. The van der Waals surface area contributed by atoms with Gasteiger partial charge in [-0.05, 0) is 37.5 Å². The van der Waals surface area contributed by atoms with Gasteiger partial charge in [-0.15, -0.1) is 11.3 Å². The van der Waals surface area contributed by atoms with E-state index in [0.29, 0.717) is 5.82 Å². The molecule has 16 heavy (non-hydrogen) atoms. The molecular weight excluding hydrogens is 216 g/mol. The second-order valence-corrected chi connectivity index (χ2v) is 5.43. The maximum Gasteiger partial charge on any atom is 0.137 e. The number of anilines is 1. The Bertz CT molecular complexity index is 495. The van der Waals surface area contributed by atoms with Gasteiger partial charge in [-0.25, -0.2) is 4.98 Å². The summed E-state index contributed by atoms with van der Waals surface area (Å²) in [5, 5.41) is 1.10. The third-order valence-electron chi connectivity index (χ3n) is 2.80. The van der Waals surface area contributed by atoms with E-state index in [1.807, 2.05) is 6.92 Å². The molecule has 1 aromatic heterocycles. The van der Waals surface area contributed by atoms with Gasteiger partial charge in [0.2, 0.25) is 0 Å². The smallest absolute Gasteiger partial charge is 0.137 e. The van der Waals surface area contributed by atoms with Crippen molar-refractivity contribution >= 4 is 17.2 Å². The number of nitrogens with two attached hydrogens (primary N) is 1. The molecule has 0 bridgehead atoms. The van der Waals surface area contributed by atoms with Crippen molar-refractivity contribution < 1.29 is 0 Å². The van der Waals surface area contributed by atoms with Gasteiger partial charge in [-0.2, -0.15) is 0 Å². The lowest BCUT2D eigenvalue weighted by atomic mass is 10.0. The first-order valence-corrected chi connectivity index (χ1v) is 6.16. The summed E-state index contributed by atoms with van der Waals surface area (Å²) in [6.45, 7) is 6.28. The lowest BCUT2D eigenvalue weighted by molar-refractivity contribution is 1.13. The van der Waals surface area contributed by atoms with Gasteiger partial charge >= 0.3 is 0 Å². The third kappa shape index (κ3) is 2.25. The van der Waals surface area contributed by atoms with Gasteiger partial charge in [0, 0.05) is 11.3 Å². The fourth-order valence-electron chi connectivity index (χ4n) is 1.63. The SMILES string of the molecule is Cc1ccc(Cc2nc(N)c(C)s2)cc1C. The summed E-state index contributed by atoms with van der Waals surface area (Å²) in [5.74, 6) is 0.670. The predicted octanol–water partition coefficient (Wildman–Crippen LogP) is 3.24. The number of benzene rings is 1. The van der Waals surface area contributed by atoms with Crippen molar-refractivity contribution in [1.82, 2.24) is 4.98 Å². The average molecular weight is 232 g/mol. The van der Waals surface area contributed by atoms with Crippen molar-refractivity contribution in [2.45, 2.75) is 27.2 Å². The molecule has 2 aromatic rings. The second kappa shape index (κ2) is 4.26. The van der Waals surface area contributed by atoms with Crippen molar-refractivity contribution in [3.63, 3.8) is 0 Å². The van der Waals surface area contributed by atoms with Crippen LogP contribution in [-0.2, 0) is 6.42 Å². The number of thiazole rings is 1. The topological polar surface area (TPSA) is 38.9 Å². The number of aromatic nitrogens is 1. The highest BCUT2D eigenvalue weighted by molar-refractivity contribution is 7.12. The number of nitrogens with zero attached hydrogens (tertiary/aromatic N) is 1. The van der Waals surface area contributed by atoms with Crippen molar-refractivity contribution in [3.05, 3.63) is 44.8 Å². The molecule has 2 nitrogen and oxygen atoms in total. The Kier molecular flexibility index (Phi) is 2.97. The molecule has 0 saturated carbocycles. The zero-order valence-electron chi connectivity index (χ0n) is 9.87. The first-order valence-electron chi connectivity index (χ1n) is 5.34. The Morgan fingerprint density at radius 1 is 1.19 bits per heavy atom. The lowest BCUT2D eigenvalue weighted by Crippen LogP contribution is -1.91. The van der Waals surface area contributed by atoms with E-state index in [4.69, 9.17) is 5.73 Å². The molecule has 2 N–H and O–H groups in total. The van der Waals surface area contributed by atoms with Crippen LogP contribution in [-0.4, -0.2) is 4.98 Å². The fourth-order valence-corrected chi connectivity index (χ4v) is 2.52. The van der Waals surface area contributed by atoms with E-state index in [0.717, 1.165) is 16.3 Å². The molecule has 84 valence electrons. The van der Waals surface area contributed by atoms with Crippen LogP contribution >= 0.6 is 11.3 Å². The molecular formula is C13H16N2S. The van der Waals surface area contributed by atoms with Crippen LogP contribution in [0.3, 0.4) is 0 Å². The molecule has 0 fully saturated rings. The first kappa shape index (κ1) is 11.1. The Morgan fingerprint density at radius 3 is 2.50 bits per heavy atom. The largest absolute Gasteiger partial charge is 0.383 e. The minimum atomic E-state index is 0.670. The van der Waals surface area contributed by atoms with Crippen LogP contribution in [0, 0.1) is 20.8 Å². The van der Waals surface area contributed by atoms with E-state index in [-0.39, 0.29) is 0 Å². The minimum Gasteiger partial charge on any atom is -0.383 e. The Hall–Kier alpha value is -1.35.